The van der Waals surface area contributed by atoms with Crippen molar-refractivity contribution in [1.82, 2.24) is 4.98 Å². The van der Waals surface area contributed by atoms with Gasteiger partial charge in [-0.1, -0.05) is 12.2 Å². The minimum absolute atomic E-state index is 0.00604. The standard InChI is InChI=1S/C29H28N2O10/c1-12-7-16-19(17(34)8-12)23(36)21-18-9-15-14(20(21)22(16)35)4-6-30-27(15)31-10-13(33)3-2-5-29(11-32)26(39)24(37)25(38)28(40-18)41-29/h2,4-9,13,24-26,28,32-34,37-39H,3,10-11H2,1H3,(H,30,31). The molecule has 6 unspecified atom stereocenters. The Morgan fingerprint density at radius 2 is 1.80 bits per heavy atom. The van der Waals surface area contributed by atoms with Crippen molar-refractivity contribution in [2.45, 2.75) is 49.7 Å². The number of ether oxygens (including phenoxy) is 2. The average molecular weight is 565 g/mol. The number of β-amino-alcohol motifs (C(OH)–C–C–N with tert-alkyl or cyclic N) is 1. The first-order chi connectivity index (χ1) is 19.6. The maximum Gasteiger partial charge on any atom is 0.229 e. The van der Waals surface area contributed by atoms with E-state index < -0.39 is 54.5 Å². The Morgan fingerprint density at radius 3 is 2.56 bits per heavy atom. The predicted molar refractivity (Wildman–Crippen MR) is 143 cm³/mol. The molecule has 2 aliphatic heterocycles. The van der Waals surface area contributed by atoms with Crippen LogP contribution in [0.15, 0.2) is 42.6 Å². The number of anilines is 1. The van der Waals surface area contributed by atoms with E-state index >= 15 is 0 Å². The van der Waals surface area contributed by atoms with E-state index in [4.69, 9.17) is 9.47 Å². The molecule has 1 aliphatic carbocycles. The smallest absolute Gasteiger partial charge is 0.229 e. The zero-order valence-corrected chi connectivity index (χ0v) is 21.8. The molecule has 12 heteroatoms. The Hall–Kier alpha value is -3.91. The van der Waals surface area contributed by atoms with E-state index in [-0.39, 0.29) is 52.5 Å². The summed E-state index contributed by atoms with van der Waals surface area (Å²) in [4.78, 5) is 32.2. The van der Waals surface area contributed by atoms with Gasteiger partial charge in [0.05, 0.1) is 23.8 Å². The molecular formula is C29H28N2O10. The highest BCUT2D eigenvalue weighted by atomic mass is 16.7. The number of aliphatic hydroxyl groups excluding tert-OH is 5. The summed E-state index contributed by atoms with van der Waals surface area (Å²) in [6, 6.07) is 5.83. The molecule has 0 radical (unpaired) electrons. The number of phenolic OH excluding ortho intramolecular Hbond substituents is 1. The number of ketones is 2. The predicted octanol–water partition coefficient (Wildman–Crippen LogP) is 0.306. The number of fused-ring (bicyclic) bond motifs is 7. The van der Waals surface area contributed by atoms with Gasteiger partial charge in [-0.05, 0) is 48.6 Å². The van der Waals surface area contributed by atoms with E-state index in [1.807, 2.05) is 0 Å². The number of hydrogen-bond acceptors (Lipinski definition) is 12. The number of aromatic hydroxyl groups is 1. The minimum Gasteiger partial charge on any atom is -0.507 e. The van der Waals surface area contributed by atoms with Crippen LogP contribution in [0.5, 0.6) is 11.5 Å². The fraction of sp³-hybridized carbons (Fsp3) is 0.345. The molecular weight excluding hydrogens is 536 g/mol. The molecule has 1 fully saturated rings. The third-order valence-corrected chi connectivity index (χ3v) is 7.81. The van der Waals surface area contributed by atoms with Gasteiger partial charge in [-0.15, -0.1) is 0 Å². The number of aryl methyl sites for hydroxylation is 1. The van der Waals surface area contributed by atoms with E-state index in [1.165, 1.54) is 36.5 Å². The normalized spacial score (nSPS) is 29.4. The number of carbonyl (C=O) groups excluding carboxylic acids is 2. The number of carbonyl (C=O) groups is 2. The largest absolute Gasteiger partial charge is 0.507 e. The molecule has 7 N–H and O–H groups in total. The molecule has 6 rings (SSSR count). The maximum absolute atomic E-state index is 14.0. The molecule has 6 atom stereocenters. The number of rotatable bonds is 1. The maximum atomic E-state index is 14.0. The van der Waals surface area contributed by atoms with Crippen LogP contribution >= 0.6 is 0 Å². The first-order valence-electron chi connectivity index (χ1n) is 13.0. The average Bonchev–Trinajstić information content (AvgIpc) is 2.94. The van der Waals surface area contributed by atoms with Gasteiger partial charge in [0, 0.05) is 29.3 Å². The summed E-state index contributed by atoms with van der Waals surface area (Å²) in [5.41, 5.74) is -1.82. The van der Waals surface area contributed by atoms with Crippen molar-refractivity contribution in [1.29, 1.82) is 0 Å². The summed E-state index contributed by atoms with van der Waals surface area (Å²) in [5.74, 6) is -1.62. The third kappa shape index (κ3) is 4.19. The van der Waals surface area contributed by atoms with Gasteiger partial charge in [0.2, 0.25) is 12.1 Å². The molecule has 41 heavy (non-hydrogen) atoms. The lowest BCUT2D eigenvalue weighted by atomic mass is 9.80. The number of pyridine rings is 1. The van der Waals surface area contributed by atoms with Crippen molar-refractivity contribution < 1.29 is 49.7 Å². The van der Waals surface area contributed by atoms with Crippen LogP contribution in [0, 0.1) is 6.92 Å². The van der Waals surface area contributed by atoms with Crippen molar-refractivity contribution in [2.24, 2.45) is 0 Å². The molecule has 1 aromatic heterocycles. The van der Waals surface area contributed by atoms with Crippen LogP contribution in [0.2, 0.25) is 0 Å². The zero-order chi connectivity index (χ0) is 29.2. The van der Waals surface area contributed by atoms with Gasteiger partial charge in [0.15, 0.2) is 5.78 Å². The summed E-state index contributed by atoms with van der Waals surface area (Å²) in [7, 11) is 0. The Kier molecular flexibility index (Phi) is 6.57. The summed E-state index contributed by atoms with van der Waals surface area (Å²) in [6.07, 6.45) is -3.91. The molecule has 214 valence electrons. The third-order valence-electron chi connectivity index (χ3n) is 7.81. The summed E-state index contributed by atoms with van der Waals surface area (Å²) >= 11 is 0. The second-order valence-electron chi connectivity index (χ2n) is 10.6. The van der Waals surface area contributed by atoms with Crippen molar-refractivity contribution in [2.75, 3.05) is 18.5 Å². The van der Waals surface area contributed by atoms with Crippen LogP contribution in [0.3, 0.4) is 0 Å². The molecule has 0 spiro atoms. The SMILES string of the molecule is Cc1cc(O)c2c(c1)C(=O)c1c(c3cc4c(nccc14)NCC(O)CC=CC1(CO)OC(O3)C(O)C(O)C1O)C2=O. The molecule has 12 nitrogen and oxygen atoms in total. The van der Waals surface area contributed by atoms with Gasteiger partial charge in [-0.3, -0.25) is 9.59 Å². The Balaban J connectivity index is 1.62. The van der Waals surface area contributed by atoms with Gasteiger partial charge in [-0.2, -0.15) is 0 Å². The highest BCUT2D eigenvalue weighted by Crippen LogP contribution is 2.44. The summed E-state index contributed by atoms with van der Waals surface area (Å²) in [6.45, 7) is 0.867. The van der Waals surface area contributed by atoms with E-state index in [9.17, 15) is 40.2 Å². The van der Waals surface area contributed by atoms with Crippen molar-refractivity contribution in [3.63, 3.8) is 0 Å². The molecule has 1 saturated heterocycles. The van der Waals surface area contributed by atoms with E-state index in [0.717, 1.165) is 0 Å². The first-order valence-corrected chi connectivity index (χ1v) is 13.0. The Morgan fingerprint density at radius 1 is 1.02 bits per heavy atom. The van der Waals surface area contributed by atoms with Crippen molar-refractivity contribution >= 4 is 28.2 Å². The van der Waals surface area contributed by atoms with Crippen molar-refractivity contribution in [3.05, 3.63) is 70.4 Å². The fourth-order valence-corrected chi connectivity index (χ4v) is 5.69. The number of benzene rings is 2. The van der Waals surface area contributed by atoms with Crippen LogP contribution in [0.25, 0.3) is 10.8 Å². The highest BCUT2D eigenvalue weighted by Gasteiger charge is 2.53. The lowest BCUT2D eigenvalue weighted by Crippen LogP contribution is -2.66. The van der Waals surface area contributed by atoms with Crippen LogP contribution < -0.4 is 10.1 Å². The van der Waals surface area contributed by atoms with Crippen molar-refractivity contribution in [3.8, 4) is 11.5 Å². The van der Waals surface area contributed by atoms with Gasteiger partial charge < -0.3 is 45.4 Å². The summed E-state index contributed by atoms with van der Waals surface area (Å²) < 4.78 is 11.9. The van der Waals surface area contributed by atoms with Gasteiger partial charge >= 0.3 is 0 Å². The number of aromatic nitrogens is 1. The number of nitrogens with zero attached hydrogens (tertiary/aromatic N) is 1. The minimum atomic E-state index is -1.94. The van der Waals surface area contributed by atoms with Gasteiger partial charge in [0.1, 0.15) is 41.2 Å². The van der Waals surface area contributed by atoms with E-state index in [0.29, 0.717) is 16.3 Å². The van der Waals surface area contributed by atoms with Crippen LogP contribution in [-0.4, -0.2) is 96.6 Å². The number of hydrogen-bond donors (Lipinski definition) is 7. The quantitative estimate of drug-likeness (QED) is 0.156. The van der Waals surface area contributed by atoms with Crippen LogP contribution in [0.4, 0.5) is 5.82 Å². The molecule has 0 saturated carbocycles. The molecule has 4 bridgehead atoms. The van der Waals surface area contributed by atoms with Crippen LogP contribution in [-0.2, 0) is 4.74 Å². The first kappa shape index (κ1) is 27.3. The fourth-order valence-electron chi connectivity index (χ4n) is 5.69. The highest BCUT2D eigenvalue weighted by molar-refractivity contribution is 6.34. The summed E-state index contributed by atoms with van der Waals surface area (Å²) in [5, 5.41) is 67.5. The lowest BCUT2D eigenvalue weighted by Gasteiger charge is -2.46. The zero-order valence-electron chi connectivity index (χ0n) is 21.8. The van der Waals surface area contributed by atoms with Gasteiger partial charge in [0.25, 0.3) is 0 Å². The Bertz CT molecular complexity index is 1620. The molecule has 2 aromatic carbocycles. The molecule has 3 heterocycles. The topological polar surface area (TPSA) is 199 Å². The Labute approximate surface area is 233 Å². The number of aliphatic hydroxyl groups is 5. The second-order valence-corrected chi connectivity index (χ2v) is 10.6. The number of phenols is 1. The van der Waals surface area contributed by atoms with E-state index in [2.05, 4.69) is 10.3 Å². The lowest BCUT2D eigenvalue weighted by molar-refractivity contribution is -0.304. The van der Waals surface area contributed by atoms with E-state index in [1.54, 1.807) is 13.0 Å². The van der Waals surface area contributed by atoms with Gasteiger partial charge in [-0.25, -0.2) is 4.98 Å². The van der Waals surface area contributed by atoms with Crippen LogP contribution in [0.1, 0.15) is 43.8 Å². The second kappa shape index (κ2) is 9.87. The molecule has 0 amide bonds. The molecule has 3 aliphatic rings. The monoisotopic (exact) mass is 564 g/mol. The number of nitrogens with one attached hydrogen (secondary N) is 1. The molecule has 3 aromatic rings.